The first-order valence-corrected chi connectivity index (χ1v) is 14.8. The van der Waals surface area contributed by atoms with Crippen molar-refractivity contribution in [2.24, 2.45) is 0 Å². The van der Waals surface area contributed by atoms with Crippen LogP contribution in [-0.4, -0.2) is 15.0 Å². The van der Waals surface area contributed by atoms with E-state index in [2.05, 4.69) is 121 Å². The highest BCUT2D eigenvalue weighted by Crippen LogP contribution is 2.38. The molecule has 206 valence electrons. The molecule has 0 fully saturated rings. The maximum Gasteiger partial charge on any atom is 0.160 e. The van der Waals surface area contributed by atoms with Gasteiger partial charge in [-0.25, -0.2) is 9.97 Å². The number of fused-ring (bicyclic) bond motifs is 2. The molecular weight excluding hydrogens is 534 g/mol. The minimum Gasteiger partial charge on any atom is -0.256 e. The van der Waals surface area contributed by atoms with E-state index >= 15 is 0 Å². The van der Waals surface area contributed by atoms with Gasteiger partial charge in [-0.3, -0.25) is 4.98 Å². The first kappa shape index (κ1) is 25.8. The van der Waals surface area contributed by atoms with Gasteiger partial charge in [-0.15, -0.1) is 0 Å². The number of aromatic nitrogens is 3. The van der Waals surface area contributed by atoms with Crippen molar-refractivity contribution < 1.29 is 0 Å². The fourth-order valence-corrected chi connectivity index (χ4v) is 5.98. The van der Waals surface area contributed by atoms with E-state index in [0.717, 1.165) is 56.1 Å². The summed E-state index contributed by atoms with van der Waals surface area (Å²) >= 11 is 0. The molecule has 0 unspecified atom stereocenters. The highest BCUT2D eigenvalue weighted by Gasteiger charge is 2.14. The van der Waals surface area contributed by atoms with E-state index in [4.69, 9.17) is 15.0 Å². The third-order valence-electron chi connectivity index (χ3n) is 8.17. The Balaban J connectivity index is 1.22. The average Bonchev–Trinajstić information content (AvgIpc) is 3.11. The van der Waals surface area contributed by atoms with Crippen LogP contribution in [0, 0.1) is 0 Å². The number of hydrogen-bond donors (Lipinski definition) is 0. The summed E-state index contributed by atoms with van der Waals surface area (Å²) in [6, 6.07) is 54.8. The number of rotatable bonds is 5. The van der Waals surface area contributed by atoms with Crippen LogP contribution in [-0.2, 0) is 0 Å². The van der Waals surface area contributed by atoms with Crippen molar-refractivity contribution in [1.29, 1.82) is 0 Å². The average molecular weight is 562 g/mol. The molecule has 0 amide bonds. The van der Waals surface area contributed by atoms with Crippen LogP contribution in [0.2, 0.25) is 0 Å². The van der Waals surface area contributed by atoms with Gasteiger partial charge in [-0.05, 0) is 39.4 Å². The van der Waals surface area contributed by atoms with Crippen molar-refractivity contribution in [2.45, 2.75) is 0 Å². The Morgan fingerprint density at radius 1 is 0.364 bits per heavy atom. The van der Waals surface area contributed by atoms with Crippen LogP contribution < -0.4 is 0 Å². The van der Waals surface area contributed by atoms with Crippen LogP contribution in [0.15, 0.2) is 164 Å². The molecule has 2 aromatic heterocycles. The highest BCUT2D eigenvalue weighted by molar-refractivity contribution is 6.08. The van der Waals surface area contributed by atoms with Crippen molar-refractivity contribution in [3.63, 3.8) is 0 Å². The maximum absolute atomic E-state index is 5.00. The second-order valence-electron chi connectivity index (χ2n) is 10.9. The lowest BCUT2D eigenvalue weighted by atomic mass is 9.92. The molecule has 0 saturated carbocycles. The fraction of sp³-hybridized carbons (Fsp3) is 0. The van der Waals surface area contributed by atoms with Gasteiger partial charge >= 0.3 is 0 Å². The number of pyridine rings is 1. The number of benzene rings is 6. The second kappa shape index (κ2) is 11.0. The molecule has 3 nitrogen and oxygen atoms in total. The predicted molar refractivity (Wildman–Crippen MR) is 182 cm³/mol. The first-order valence-electron chi connectivity index (χ1n) is 14.8. The molecule has 44 heavy (non-hydrogen) atoms. The summed E-state index contributed by atoms with van der Waals surface area (Å²) < 4.78 is 0. The molecule has 0 N–H and O–H groups in total. The Morgan fingerprint density at radius 3 is 1.59 bits per heavy atom. The monoisotopic (exact) mass is 561 g/mol. The van der Waals surface area contributed by atoms with Crippen LogP contribution in [0.4, 0.5) is 0 Å². The molecule has 0 aliphatic rings. The molecule has 0 bridgehead atoms. The molecule has 2 heterocycles. The fourth-order valence-electron chi connectivity index (χ4n) is 5.98. The highest BCUT2D eigenvalue weighted by atomic mass is 14.9. The topological polar surface area (TPSA) is 38.7 Å². The van der Waals surface area contributed by atoms with Crippen LogP contribution in [0.1, 0.15) is 0 Å². The molecule has 0 spiro atoms. The van der Waals surface area contributed by atoms with Crippen LogP contribution in [0.25, 0.3) is 77.8 Å². The van der Waals surface area contributed by atoms with Crippen molar-refractivity contribution in [2.75, 3.05) is 0 Å². The van der Waals surface area contributed by atoms with Crippen LogP contribution >= 0.6 is 0 Å². The van der Waals surface area contributed by atoms with E-state index in [1.165, 1.54) is 21.7 Å². The van der Waals surface area contributed by atoms with Gasteiger partial charge in [0.15, 0.2) is 5.82 Å². The molecule has 0 radical (unpaired) electrons. The van der Waals surface area contributed by atoms with Gasteiger partial charge in [0.25, 0.3) is 0 Å². The predicted octanol–water partition coefficient (Wildman–Crippen LogP) is 10.5. The zero-order valence-electron chi connectivity index (χ0n) is 23.9. The van der Waals surface area contributed by atoms with Gasteiger partial charge in [0, 0.05) is 33.8 Å². The Kier molecular flexibility index (Phi) is 6.47. The van der Waals surface area contributed by atoms with Gasteiger partial charge < -0.3 is 0 Å². The Labute approximate surface area is 256 Å². The molecule has 3 heteroatoms. The number of hydrogen-bond acceptors (Lipinski definition) is 3. The standard InChI is InChI=1S/C41H27N3/c1-3-12-30(13-4-1)38-27-39(44-41(43-38)32-14-5-2-6-15-32)31-21-19-29(20-22-31)33-23-24-37(36-18-10-9-17-35(33)36)40-34-16-8-7-11-28(34)25-26-42-40/h1-27H. The van der Waals surface area contributed by atoms with Gasteiger partial charge in [0.1, 0.15) is 0 Å². The molecule has 6 aromatic carbocycles. The van der Waals surface area contributed by atoms with Gasteiger partial charge in [0.05, 0.1) is 17.1 Å². The summed E-state index contributed by atoms with van der Waals surface area (Å²) in [5.74, 6) is 0.717. The lowest BCUT2D eigenvalue weighted by Gasteiger charge is -2.14. The quantitative estimate of drug-likeness (QED) is 0.210. The van der Waals surface area contributed by atoms with E-state index in [-0.39, 0.29) is 0 Å². The minimum absolute atomic E-state index is 0.717. The summed E-state index contributed by atoms with van der Waals surface area (Å²) in [5.41, 5.74) is 9.40. The largest absolute Gasteiger partial charge is 0.256 e. The molecule has 0 atom stereocenters. The number of nitrogens with zero attached hydrogens (tertiary/aromatic N) is 3. The smallest absolute Gasteiger partial charge is 0.160 e. The summed E-state index contributed by atoms with van der Waals surface area (Å²) in [6.45, 7) is 0. The van der Waals surface area contributed by atoms with E-state index in [0.29, 0.717) is 0 Å². The van der Waals surface area contributed by atoms with E-state index in [1.54, 1.807) is 0 Å². The summed E-state index contributed by atoms with van der Waals surface area (Å²) in [6.07, 6.45) is 1.90. The Morgan fingerprint density at radius 2 is 0.886 bits per heavy atom. The minimum atomic E-state index is 0.717. The summed E-state index contributed by atoms with van der Waals surface area (Å²) in [7, 11) is 0. The Bertz CT molecular complexity index is 2190. The lowest BCUT2D eigenvalue weighted by Crippen LogP contribution is -1.95. The van der Waals surface area contributed by atoms with Crippen LogP contribution in [0.5, 0.6) is 0 Å². The van der Waals surface area contributed by atoms with E-state index in [1.807, 2.05) is 42.6 Å². The molecule has 0 saturated heterocycles. The lowest BCUT2D eigenvalue weighted by molar-refractivity contribution is 1.18. The third-order valence-corrected chi connectivity index (χ3v) is 8.17. The summed E-state index contributed by atoms with van der Waals surface area (Å²) in [5, 5.41) is 4.74. The van der Waals surface area contributed by atoms with Crippen LogP contribution in [0.3, 0.4) is 0 Å². The zero-order valence-corrected chi connectivity index (χ0v) is 23.9. The van der Waals surface area contributed by atoms with Gasteiger partial charge in [-0.1, -0.05) is 146 Å². The van der Waals surface area contributed by atoms with Crippen molar-refractivity contribution in [3.05, 3.63) is 164 Å². The zero-order chi connectivity index (χ0) is 29.3. The molecule has 8 rings (SSSR count). The molecular formula is C41H27N3. The van der Waals surface area contributed by atoms with Gasteiger partial charge in [0.2, 0.25) is 0 Å². The molecule has 8 aromatic rings. The van der Waals surface area contributed by atoms with E-state index in [9.17, 15) is 0 Å². The second-order valence-corrected chi connectivity index (χ2v) is 10.9. The normalized spacial score (nSPS) is 11.2. The van der Waals surface area contributed by atoms with Crippen molar-refractivity contribution >= 4 is 21.5 Å². The molecule has 0 aliphatic heterocycles. The van der Waals surface area contributed by atoms with Gasteiger partial charge in [-0.2, -0.15) is 0 Å². The maximum atomic E-state index is 5.00. The summed E-state index contributed by atoms with van der Waals surface area (Å²) in [4.78, 5) is 14.8. The SMILES string of the molecule is c1ccc(-c2cc(-c3ccc(-c4ccc(-c5nccc6ccccc56)c5ccccc45)cc3)nc(-c3ccccc3)n2)cc1. The van der Waals surface area contributed by atoms with Crippen molar-refractivity contribution in [1.82, 2.24) is 15.0 Å². The van der Waals surface area contributed by atoms with Crippen molar-refractivity contribution in [3.8, 4) is 56.3 Å². The first-order chi connectivity index (χ1) is 21.8. The third kappa shape index (κ3) is 4.71. The molecule has 0 aliphatic carbocycles. The Hall–Kier alpha value is -5.93. The van der Waals surface area contributed by atoms with E-state index < -0.39 is 0 Å².